The molecular formula is C13H11ClN2O3S. The average Bonchev–Trinajstić information content (AvgIpc) is 2.40. The maximum Gasteiger partial charge on any atom is 0.342 e. The highest BCUT2D eigenvalue weighted by molar-refractivity contribution is 8.18. The molecule has 5 nitrogen and oxygen atoms in total. The number of carboxylic acid groups (broad SMARTS) is 1. The summed E-state index contributed by atoms with van der Waals surface area (Å²) in [5.74, 6) is -1.23. The Kier molecular flexibility index (Phi) is 4.81. The van der Waals surface area contributed by atoms with Gasteiger partial charge in [-0.25, -0.2) is 4.79 Å². The Morgan fingerprint density at radius 1 is 1.40 bits per heavy atom. The van der Waals surface area contributed by atoms with Gasteiger partial charge >= 0.3 is 5.97 Å². The predicted molar refractivity (Wildman–Crippen MR) is 79.7 cm³/mol. The smallest absolute Gasteiger partial charge is 0.342 e. The summed E-state index contributed by atoms with van der Waals surface area (Å²) in [6.45, 7) is 0.377. The number of halogens is 1. The second-order valence-corrected chi connectivity index (χ2v) is 5.42. The Labute approximate surface area is 124 Å². The van der Waals surface area contributed by atoms with Gasteiger partial charge in [0.05, 0.1) is 6.54 Å². The number of hydrogen-bond donors (Lipinski definition) is 2. The van der Waals surface area contributed by atoms with Gasteiger partial charge in [0.2, 0.25) is 5.91 Å². The molecule has 0 saturated carbocycles. The molecule has 0 unspecified atom stereocenters. The van der Waals surface area contributed by atoms with Gasteiger partial charge < -0.3 is 10.4 Å². The van der Waals surface area contributed by atoms with Crippen molar-refractivity contribution in [1.29, 1.82) is 0 Å². The van der Waals surface area contributed by atoms with Crippen molar-refractivity contribution in [2.45, 2.75) is 6.42 Å². The van der Waals surface area contributed by atoms with Gasteiger partial charge in [0.25, 0.3) is 0 Å². The molecule has 1 aliphatic rings. The average molecular weight is 311 g/mol. The SMILES string of the molecule is O=C1CCN=C(SC(=Cc2ccc(Cl)cc2)C(=O)O)N1. The zero-order valence-electron chi connectivity index (χ0n) is 10.3. The molecule has 0 saturated heterocycles. The van der Waals surface area contributed by atoms with Gasteiger partial charge in [0, 0.05) is 11.4 Å². The van der Waals surface area contributed by atoms with E-state index in [4.69, 9.17) is 11.6 Å². The molecule has 0 atom stereocenters. The van der Waals surface area contributed by atoms with Gasteiger partial charge in [-0.3, -0.25) is 9.79 Å². The number of carbonyl (C=O) groups excluding carboxylic acids is 1. The number of amides is 1. The number of nitrogens with one attached hydrogen (secondary N) is 1. The predicted octanol–water partition coefficient (Wildman–Crippen LogP) is 2.37. The van der Waals surface area contributed by atoms with E-state index in [0.29, 0.717) is 28.7 Å². The molecule has 0 aliphatic carbocycles. The monoisotopic (exact) mass is 310 g/mol. The minimum Gasteiger partial charge on any atom is -0.477 e. The fourth-order valence-electron chi connectivity index (χ4n) is 1.49. The maximum absolute atomic E-state index is 11.2. The van der Waals surface area contributed by atoms with Gasteiger partial charge in [-0.05, 0) is 35.5 Å². The molecule has 7 heteroatoms. The molecule has 1 aliphatic heterocycles. The number of rotatable bonds is 3. The van der Waals surface area contributed by atoms with E-state index in [9.17, 15) is 14.7 Å². The lowest BCUT2D eigenvalue weighted by atomic mass is 10.2. The van der Waals surface area contributed by atoms with Gasteiger partial charge in [0.1, 0.15) is 4.91 Å². The summed E-state index contributed by atoms with van der Waals surface area (Å²) in [4.78, 5) is 26.6. The largest absolute Gasteiger partial charge is 0.477 e. The van der Waals surface area contributed by atoms with Gasteiger partial charge in [-0.1, -0.05) is 23.7 Å². The third-order valence-corrected chi connectivity index (χ3v) is 3.61. The van der Waals surface area contributed by atoms with Crippen molar-refractivity contribution >= 4 is 46.5 Å². The van der Waals surface area contributed by atoms with E-state index in [1.807, 2.05) is 0 Å². The number of aliphatic carboxylic acids is 1. The second kappa shape index (κ2) is 6.58. The van der Waals surface area contributed by atoms with E-state index in [1.165, 1.54) is 6.08 Å². The van der Waals surface area contributed by atoms with Crippen LogP contribution < -0.4 is 5.32 Å². The van der Waals surface area contributed by atoms with Gasteiger partial charge in [0.15, 0.2) is 5.17 Å². The van der Waals surface area contributed by atoms with E-state index in [-0.39, 0.29) is 10.8 Å². The van der Waals surface area contributed by atoms with Crippen LogP contribution in [-0.2, 0) is 9.59 Å². The first-order valence-electron chi connectivity index (χ1n) is 5.77. The number of nitrogens with zero attached hydrogens (tertiary/aromatic N) is 1. The third kappa shape index (κ3) is 4.11. The molecule has 0 bridgehead atoms. The standard InChI is InChI=1S/C13H11ClN2O3S/c14-9-3-1-8(2-4-9)7-10(12(18)19)20-13-15-6-5-11(17)16-13/h1-4,7H,5-6H2,(H,18,19)(H,15,16,17). The van der Waals surface area contributed by atoms with Crippen LogP contribution in [0.4, 0.5) is 0 Å². The molecule has 2 N–H and O–H groups in total. The fourth-order valence-corrected chi connectivity index (χ4v) is 2.42. The number of hydrogen-bond acceptors (Lipinski definition) is 4. The first-order chi connectivity index (χ1) is 9.54. The molecule has 0 fully saturated rings. The molecule has 104 valence electrons. The summed E-state index contributed by atoms with van der Waals surface area (Å²) in [5.41, 5.74) is 0.710. The fraction of sp³-hybridized carbons (Fsp3) is 0.154. The number of carbonyl (C=O) groups is 2. The second-order valence-electron chi connectivity index (χ2n) is 3.95. The van der Waals surface area contributed by atoms with Crippen molar-refractivity contribution in [2.75, 3.05) is 6.54 Å². The number of aliphatic imine (C=N–C) groups is 1. The summed E-state index contributed by atoms with van der Waals surface area (Å²) in [6.07, 6.45) is 1.83. The molecule has 1 heterocycles. The van der Waals surface area contributed by atoms with Crippen LogP contribution in [0.15, 0.2) is 34.2 Å². The quantitative estimate of drug-likeness (QED) is 0.840. The normalized spacial score (nSPS) is 15.6. The number of benzene rings is 1. The molecule has 0 aromatic heterocycles. The maximum atomic E-state index is 11.2. The number of thioether (sulfide) groups is 1. The first kappa shape index (κ1) is 14.6. The Hall–Kier alpha value is -1.79. The summed E-state index contributed by atoms with van der Waals surface area (Å²) >= 11 is 6.70. The van der Waals surface area contributed by atoms with Crippen LogP contribution in [0.3, 0.4) is 0 Å². The van der Waals surface area contributed by atoms with Crippen molar-refractivity contribution in [3.8, 4) is 0 Å². The number of carboxylic acids is 1. The van der Waals surface area contributed by atoms with Crippen LogP contribution in [-0.4, -0.2) is 28.7 Å². The highest BCUT2D eigenvalue weighted by atomic mass is 35.5. The summed E-state index contributed by atoms with van der Waals surface area (Å²) < 4.78 is 0. The minimum atomic E-state index is -1.08. The van der Waals surface area contributed by atoms with E-state index in [0.717, 1.165) is 11.8 Å². The van der Waals surface area contributed by atoms with Crippen molar-refractivity contribution in [1.82, 2.24) is 5.32 Å². The lowest BCUT2D eigenvalue weighted by molar-refractivity contribution is -0.131. The Morgan fingerprint density at radius 2 is 2.10 bits per heavy atom. The van der Waals surface area contributed by atoms with Crippen molar-refractivity contribution in [3.05, 3.63) is 39.8 Å². The summed E-state index contributed by atoms with van der Waals surface area (Å²) in [7, 11) is 0. The zero-order chi connectivity index (χ0) is 14.5. The lowest BCUT2D eigenvalue weighted by Crippen LogP contribution is -2.33. The topological polar surface area (TPSA) is 78.8 Å². The molecule has 2 rings (SSSR count). The van der Waals surface area contributed by atoms with Gasteiger partial charge in [-0.2, -0.15) is 0 Å². The lowest BCUT2D eigenvalue weighted by Gasteiger charge is -2.12. The van der Waals surface area contributed by atoms with Gasteiger partial charge in [-0.15, -0.1) is 0 Å². The summed E-state index contributed by atoms with van der Waals surface area (Å²) in [6, 6.07) is 6.79. The molecule has 1 aromatic carbocycles. The van der Waals surface area contributed by atoms with Crippen LogP contribution in [0.2, 0.25) is 5.02 Å². The van der Waals surface area contributed by atoms with Crippen LogP contribution >= 0.6 is 23.4 Å². The first-order valence-corrected chi connectivity index (χ1v) is 6.97. The van der Waals surface area contributed by atoms with Crippen molar-refractivity contribution < 1.29 is 14.7 Å². The zero-order valence-corrected chi connectivity index (χ0v) is 11.9. The van der Waals surface area contributed by atoms with Crippen LogP contribution in [0.5, 0.6) is 0 Å². The highest BCUT2D eigenvalue weighted by Crippen LogP contribution is 2.22. The van der Waals surface area contributed by atoms with E-state index in [2.05, 4.69) is 10.3 Å². The molecule has 0 spiro atoms. The van der Waals surface area contributed by atoms with E-state index in [1.54, 1.807) is 24.3 Å². The third-order valence-electron chi connectivity index (χ3n) is 2.43. The van der Waals surface area contributed by atoms with Crippen LogP contribution in [0, 0.1) is 0 Å². The minimum absolute atomic E-state index is 0.0771. The van der Waals surface area contributed by atoms with E-state index >= 15 is 0 Å². The number of amidine groups is 1. The molecule has 1 aromatic rings. The molecule has 1 amide bonds. The van der Waals surface area contributed by atoms with Crippen molar-refractivity contribution in [2.24, 2.45) is 4.99 Å². The van der Waals surface area contributed by atoms with Crippen LogP contribution in [0.1, 0.15) is 12.0 Å². The van der Waals surface area contributed by atoms with Crippen LogP contribution in [0.25, 0.3) is 6.08 Å². The Morgan fingerprint density at radius 3 is 2.70 bits per heavy atom. The highest BCUT2D eigenvalue weighted by Gasteiger charge is 2.17. The van der Waals surface area contributed by atoms with Crippen molar-refractivity contribution in [3.63, 3.8) is 0 Å². The molecular weight excluding hydrogens is 300 g/mol. The van der Waals surface area contributed by atoms with E-state index < -0.39 is 5.97 Å². The Bertz CT molecular complexity index is 596. The molecule has 20 heavy (non-hydrogen) atoms. The Balaban J connectivity index is 2.19. The summed E-state index contributed by atoms with van der Waals surface area (Å²) in [5, 5.41) is 12.6. The molecule has 0 radical (unpaired) electrons.